The second-order valence-corrected chi connectivity index (χ2v) is 7.04. The predicted octanol–water partition coefficient (Wildman–Crippen LogP) is 4.92. The van der Waals surface area contributed by atoms with E-state index in [2.05, 4.69) is 41.7 Å². The Bertz CT molecular complexity index is 577. The molecule has 0 aliphatic rings. The summed E-state index contributed by atoms with van der Waals surface area (Å²) in [6, 6.07) is 4.38. The fourth-order valence-corrected chi connectivity index (χ4v) is 2.74. The minimum atomic E-state index is -0.312. The third-order valence-electron chi connectivity index (χ3n) is 2.56. The first kappa shape index (κ1) is 14.5. The maximum atomic E-state index is 13.1. The molecule has 0 atom stereocenters. The van der Waals surface area contributed by atoms with E-state index < -0.39 is 0 Å². The number of ether oxygens (including phenoxy) is 1. The van der Waals surface area contributed by atoms with Crippen molar-refractivity contribution < 1.29 is 9.13 Å². The molecule has 0 saturated heterocycles. The summed E-state index contributed by atoms with van der Waals surface area (Å²) in [6.45, 7) is 6.71. The number of nitrogens with zero attached hydrogens (tertiary/aromatic N) is 1. The van der Waals surface area contributed by atoms with Crippen molar-refractivity contribution in [3.05, 3.63) is 44.6 Å². The number of benzene rings is 1. The molecule has 1 heterocycles. The number of hydrogen-bond acceptors (Lipinski definition) is 3. The Balaban J connectivity index is 2.06. The SMILES string of the molecule is CC(C)(C)c1csc(COc2cc(F)ccc2Br)n1. The molecule has 1 aromatic heterocycles. The van der Waals surface area contributed by atoms with E-state index in [1.807, 2.05) is 5.38 Å². The van der Waals surface area contributed by atoms with Crippen LogP contribution in [0.2, 0.25) is 0 Å². The molecule has 0 bridgehead atoms. The summed E-state index contributed by atoms with van der Waals surface area (Å²) in [7, 11) is 0. The van der Waals surface area contributed by atoms with Crippen LogP contribution < -0.4 is 4.74 Å². The van der Waals surface area contributed by atoms with Crippen LogP contribution in [0.4, 0.5) is 4.39 Å². The smallest absolute Gasteiger partial charge is 0.140 e. The molecule has 0 saturated carbocycles. The molecule has 2 nitrogen and oxygen atoms in total. The molecule has 0 fully saturated rings. The van der Waals surface area contributed by atoms with Gasteiger partial charge in [-0.3, -0.25) is 0 Å². The normalized spacial score (nSPS) is 11.6. The largest absolute Gasteiger partial charge is 0.485 e. The van der Waals surface area contributed by atoms with Crippen LogP contribution in [0.3, 0.4) is 0 Å². The molecule has 0 N–H and O–H groups in total. The number of rotatable bonds is 3. The highest BCUT2D eigenvalue weighted by atomic mass is 79.9. The molecule has 0 unspecified atom stereocenters. The minimum Gasteiger partial charge on any atom is -0.485 e. The molecule has 2 aromatic rings. The van der Waals surface area contributed by atoms with Crippen LogP contribution >= 0.6 is 27.3 Å². The molecule has 1 aromatic carbocycles. The van der Waals surface area contributed by atoms with Gasteiger partial charge in [0.25, 0.3) is 0 Å². The lowest BCUT2D eigenvalue weighted by atomic mass is 9.93. The Morgan fingerprint density at radius 2 is 2.11 bits per heavy atom. The Hall–Kier alpha value is -0.940. The maximum Gasteiger partial charge on any atom is 0.140 e. The quantitative estimate of drug-likeness (QED) is 0.788. The van der Waals surface area contributed by atoms with Gasteiger partial charge in [0.2, 0.25) is 0 Å². The standard InChI is InChI=1S/C14H15BrFNOS/c1-14(2,3)12-8-19-13(17-12)7-18-11-6-9(16)4-5-10(11)15/h4-6,8H,7H2,1-3H3. The summed E-state index contributed by atoms with van der Waals surface area (Å²) in [5.74, 6) is 0.181. The van der Waals surface area contributed by atoms with E-state index >= 15 is 0 Å². The Kier molecular flexibility index (Phi) is 4.26. The molecule has 19 heavy (non-hydrogen) atoms. The van der Waals surface area contributed by atoms with Gasteiger partial charge in [-0.25, -0.2) is 9.37 Å². The monoisotopic (exact) mass is 343 g/mol. The molecule has 0 amide bonds. The summed E-state index contributed by atoms with van der Waals surface area (Å²) in [5.41, 5.74) is 1.09. The summed E-state index contributed by atoms with van der Waals surface area (Å²) < 4.78 is 19.4. The van der Waals surface area contributed by atoms with Crippen LogP contribution in [-0.2, 0) is 12.0 Å². The van der Waals surface area contributed by atoms with Crippen LogP contribution in [0, 0.1) is 5.82 Å². The predicted molar refractivity (Wildman–Crippen MR) is 79.2 cm³/mol. The summed E-state index contributed by atoms with van der Waals surface area (Å²) in [4.78, 5) is 4.53. The van der Waals surface area contributed by atoms with Crippen molar-refractivity contribution in [1.82, 2.24) is 4.98 Å². The van der Waals surface area contributed by atoms with E-state index in [9.17, 15) is 4.39 Å². The molecule has 0 radical (unpaired) electrons. The molecular weight excluding hydrogens is 329 g/mol. The first-order chi connectivity index (χ1) is 8.86. The third kappa shape index (κ3) is 3.76. The molecule has 0 aliphatic carbocycles. The topological polar surface area (TPSA) is 22.1 Å². The van der Waals surface area contributed by atoms with Crippen molar-refractivity contribution in [2.24, 2.45) is 0 Å². The highest BCUT2D eigenvalue weighted by molar-refractivity contribution is 9.10. The zero-order chi connectivity index (χ0) is 14.0. The van der Waals surface area contributed by atoms with E-state index in [1.54, 1.807) is 17.4 Å². The van der Waals surface area contributed by atoms with Gasteiger partial charge in [0.05, 0.1) is 10.2 Å². The molecule has 102 valence electrons. The van der Waals surface area contributed by atoms with Gasteiger partial charge < -0.3 is 4.74 Å². The van der Waals surface area contributed by atoms with Crippen LogP contribution in [0.5, 0.6) is 5.75 Å². The average Bonchev–Trinajstić information content (AvgIpc) is 2.79. The molecular formula is C14H15BrFNOS. The maximum absolute atomic E-state index is 13.1. The van der Waals surface area contributed by atoms with Crippen molar-refractivity contribution in [1.29, 1.82) is 0 Å². The third-order valence-corrected chi connectivity index (χ3v) is 4.04. The fraction of sp³-hybridized carbons (Fsp3) is 0.357. The number of hydrogen-bond donors (Lipinski definition) is 0. The second-order valence-electron chi connectivity index (χ2n) is 5.24. The van der Waals surface area contributed by atoms with Gasteiger partial charge in [-0.15, -0.1) is 11.3 Å². The van der Waals surface area contributed by atoms with Crippen molar-refractivity contribution in [3.63, 3.8) is 0 Å². The zero-order valence-electron chi connectivity index (χ0n) is 11.0. The Labute approximate surface area is 124 Å². The zero-order valence-corrected chi connectivity index (χ0v) is 13.4. The van der Waals surface area contributed by atoms with Gasteiger partial charge in [0, 0.05) is 16.9 Å². The molecule has 2 rings (SSSR count). The van der Waals surface area contributed by atoms with E-state index in [4.69, 9.17) is 4.74 Å². The highest BCUT2D eigenvalue weighted by Crippen LogP contribution is 2.28. The Morgan fingerprint density at radius 3 is 2.74 bits per heavy atom. The van der Waals surface area contributed by atoms with E-state index in [1.165, 1.54) is 12.1 Å². The van der Waals surface area contributed by atoms with Gasteiger partial charge in [-0.05, 0) is 28.1 Å². The van der Waals surface area contributed by atoms with Crippen LogP contribution in [0.15, 0.2) is 28.1 Å². The van der Waals surface area contributed by atoms with Crippen molar-refractivity contribution in [3.8, 4) is 5.75 Å². The van der Waals surface area contributed by atoms with E-state index in [0.29, 0.717) is 12.4 Å². The number of aromatic nitrogens is 1. The van der Waals surface area contributed by atoms with Crippen LogP contribution in [-0.4, -0.2) is 4.98 Å². The number of halogens is 2. The van der Waals surface area contributed by atoms with Crippen molar-refractivity contribution in [2.45, 2.75) is 32.8 Å². The average molecular weight is 344 g/mol. The molecule has 5 heteroatoms. The van der Waals surface area contributed by atoms with Crippen LogP contribution in [0.1, 0.15) is 31.5 Å². The van der Waals surface area contributed by atoms with Crippen molar-refractivity contribution in [2.75, 3.05) is 0 Å². The van der Waals surface area contributed by atoms with Gasteiger partial charge in [-0.1, -0.05) is 20.8 Å². The molecule has 0 aliphatic heterocycles. The van der Waals surface area contributed by atoms with E-state index in [0.717, 1.165) is 15.2 Å². The lowest BCUT2D eigenvalue weighted by molar-refractivity contribution is 0.301. The highest BCUT2D eigenvalue weighted by Gasteiger charge is 2.17. The fourth-order valence-electron chi connectivity index (χ4n) is 1.45. The lowest BCUT2D eigenvalue weighted by Gasteiger charge is -2.14. The lowest BCUT2D eigenvalue weighted by Crippen LogP contribution is -2.11. The summed E-state index contributed by atoms with van der Waals surface area (Å²) >= 11 is 4.89. The van der Waals surface area contributed by atoms with Gasteiger partial charge in [0.15, 0.2) is 0 Å². The van der Waals surface area contributed by atoms with Crippen molar-refractivity contribution >= 4 is 27.3 Å². The van der Waals surface area contributed by atoms with Gasteiger partial charge in [-0.2, -0.15) is 0 Å². The summed E-state index contributed by atoms with van der Waals surface area (Å²) in [5, 5.41) is 2.93. The van der Waals surface area contributed by atoms with Gasteiger partial charge >= 0.3 is 0 Å². The number of thiazole rings is 1. The first-order valence-electron chi connectivity index (χ1n) is 5.89. The minimum absolute atomic E-state index is 0.0359. The molecule has 0 spiro atoms. The summed E-state index contributed by atoms with van der Waals surface area (Å²) in [6.07, 6.45) is 0. The van der Waals surface area contributed by atoms with E-state index in [-0.39, 0.29) is 11.2 Å². The Morgan fingerprint density at radius 1 is 1.37 bits per heavy atom. The van der Waals surface area contributed by atoms with Gasteiger partial charge in [0.1, 0.15) is 23.2 Å². The first-order valence-corrected chi connectivity index (χ1v) is 7.56. The second kappa shape index (κ2) is 5.59. The van der Waals surface area contributed by atoms with Crippen LogP contribution in [0.25, 0.3) is 0 Å².